The Kier molecular flexibility index (Phi) is 4.03. The van der Waals surface area contributed by atoms with Crippen molar-refractivity contribution in [2.45, 2.75) is 26.8 Å². The summed E-state index contributed by atoms with van der Waals surface area (Å²) < 4.78 is 2.02. The van der Waals surface area contributed by atoms with Crippen molar-refractivity contribution < 1.29 is 0 Å². The minimum atomic E-state index is 0.554. The van der Waals surface area contributed by atoms with Crippen molar-refractivity contribution in [1.29, 1.82) is 0 Å². The largest absolute Gasteiger partial charge is 0.269 e. The lowest BCUT2D eigenvalue weighted by atomic mass is 10.2. The van der Waals surface area contributed by atoms with Crippen LogP contribution in [-0.4, -0.2) is 15.7 Å². The molecule has 0 spiro atoms. The number of alkyl halides is 1. The van der Waals surface area contributed by atoms with Gasteiger partial charge in [-0.3, -0.25) is 4.68 Å². The van der Waals surface area contributed by atoms with E-state index in [-0.39, 0.29) is 0 Å². The van der Waals surface area contributed by atoms with Gasteiger partial charge >= 0.3 is 0 Å². The number of halogens is 1. The molecule has 0 aliphatic rings. The molecule has 3 heteroatoms. The number of allylic oxidation sites excluding steroid dienone is 1. The highest BCUT2D eigenvalue weighted by atomic mass is 35.5. The molecule has 0 fully saturated rings. The third-order valence-corrected chi connectivity index (χ3v) is 2.14. The first-order valence-corrected chi connectivity index (χ1v) is 5.08. The molecule has 1 aromatic rings. The third kappa shape index (κ3) is 2.59. The highest BCUT2D eigenvalue weighted by molar-refractivity contribution is 6.19. The molecule has 0 N–H and O–H groups in total. The quantitative estimate of drug-likeness (QED) is 0.681. The molecule has 13 heavy (non-hydrogen) atoms. The van der Waals surface area contributed by atoms with E-state index in [0.717, 1.165) is 18.5 Å². The summed E-state index contributed by atoms with van der Waals surface area (Å²) in [5.74, 6) is 0.554. The van der Waals surface area contributed by atoms with E-state index in [0.29, 0.717) is 5.88 Å². The summed E-state index contributed by atoms with van der Waals surface area (Å²) in [5, 5.41) is 4.28. The molecule has 0 aromatic carbocycles. The first-order chi connectivity index (χ1) is 6.29. The highest BCUT2D eigenvalue weighted by Gasteiger charge is 2.01. The molecule has 0 unspecified atom stereocenters. The number of aryl methyl sites for hydroxylation is 1. The predicted octanol–water partition coefficient (Wildman–Crippen LogP) is 2.85. The fourth-order valence-corrected chi connectivity index (χ4v) is 1.32. The van der Waals surface area contributed by atoms with Gasteiger partial charge in [-0.1, -0.05) is 19.1 Å². The summed E-state index contributed by atoms with van der Waals surface area (Å²) in [6.07, 6.45) is 6.94. The van der Waals surface area contributed by atoms with Gasteiger partial charge in [-0.15, -0.1) is 11.6 Å². The lowest BCUT2D eigenvalue weighted by Gasteiger charge is -2.00. The van der Waals surface area contributed by atoms with Gasteiger partial charge in [-0.25, -0.2) is 0 Å². The van der Waals surface area contributed by atoms with Crippen molar-refractivity contribution in [2.75, 3.05) is 5.88 Å². The van der Waals surface area contributed by atoms with E-state index in [1.54, 1.807) is 0 Å². The normalized spacial score (nSPS) is 11.3. The first-order valence-electron chi connectivity index (χ1n) is 4.54. The van der Waals surface area contributed by atoms with Crippen LogP contribution in [-0.2, 0) is 6.54 Å². The molecule has 72 valence electrons. The molecule has 0 bridgehead atoms. The van der Waals surface area contributed by atoms with Gasteiger partial charge in [0, 0.05) is 23.7 Å². The molecule has 1 aromatic heterocycles. The second-order valence-electron chi connectivity index (χ2n) is 2.97. The van der Waals surface area contributed by atoms with E-state index in [4.69, 9.17) is 11.6 Å². The third-order valence-electron chi connectivity index (χ3n) is 1.96. The van der Waals surface area contributed by atoms with Crippen LogP contribution in [0.5, 0.6) is 0 Å². The Balaban J connectivity index is 2.79. The standard InChI is InChI=1S/C10H15ClN2/c1-3-7-13-9(2)10(8-12-13)5-4-6-11/h4-5,8H,3,6-7H2,1-2H3. The average molecular weight is 199 g/mol. The Labute approximate surface area is 84.2 Å². The molecule has 0 amide bonds. The van der Waals surface area contributed by atoms with Gasteiger partial charge < -0.3 is 0 Å². The molecule has 0 atom stereocenters. The van der Waals surface area contributed by atoms with Crippen LogP contribution in [0.25, 0.3) is 6.08 Å². The first kappa shape index (κ1) is 10.3. The molecule has 0 saturated heterocycles. The van der Waals surface area contributed by atoms with Crippen LogP contribution in [0.3, 0.4) is 0 Å². The van der Waals surface area contributed by atoms with Gasteiger partial charge in [0.15, 0.2) is 0 Å². The summed E-state index contributed by atoms with van der Waals surface area (Å²) >= 11 is 5.56. The van der Waals surface area contributed by atoms with Crippen LogP contribution in [0.15, 0.2) is 12.3 Å². The van der Waals surface area contributed by atoms with Crippen molar-refractivity contribution in [3.63, 3.8) is 0 Å². The van der Waals surface area contributed by atoms with E-state index in [1.807, 2.05) is 23.0 Å². The van der Waals surface area contributed by atoms with Gasteiger partial charge in [0.1, 0.15) is 0 Å². The van der Waals surface area contributed by atoms with E-state index < -0.39 is 0 Å². The molecule has 1 heterocycles. The number of aromatic nitrogens is 2. The van der Waals surface area contributed by atoms with Crippen molar-refractivity contribution in [3.8, 4) is 0 Å². The molecule has 0 radical (unpaired) electrons. The topological polar surface area (TPSA) is 17.8 Å². The van der Waals surface area contributed by atoms with Gasteiger partial charge in [0.25, 0.3) is 0 Å². The molecular weight excluding hydrogens is 184 g/mol. The number of rotatable bonds is 4. The Morgan fingerprint density at radius 3 is 3.00 bits per heavy atom. The molecule has 0 aliphatic carbocycles. The number of hydrogen-bond donors (Lipinski definition) is 0. The molecule has 2 nitrogen and oxygen atoms in total. The minimum Gasteiger partial charge on any atom is -0.269 e. The van der Waals surface area contributed by atoms with Gasteiger partial charge in [-0.05, 0) is 13.3 Å². The zero-order valence-electron chi connectivity index (χ0n) is 8.13. The Hall–Kier alpha value is -0.760. The monoisotopic (exact) mass is 198 g/mol. The fraction of sp³-hybridized carbons (Fsp3) is 0.500. The lowest BCUT2D eigenvalue weighted by molar-refractivity contribution is 0.587. The fourth-order valence-electron chi connectivity index (χ4n) is 1.23. The van der Waals surface area contributed by atoms with Gasteiger partial charge in [-0.2, -0.15) is 5.10 Å². The second kappa shape index (κ2) is 5.07. The maximum Gasteiger partial charge on any atom is 0.0564 e. The molecular formula is C10H15ClN2. The predicted molar refractivity (Wildman–Crippen MR) is 57.0 cm³/mol. The summed E-state index contributed by atoms with van der Waals surface area (Å²) in [4.78, 5) is 0. The van der Waals surface area contributed by atoms with Crippen LogP contribution in [0.2, 0.25) is 0 Å². The van der Waals surface area contributed by atoms with Gasteiger partial charge in [0.05, 0.1) is 6.20 Å². The summed E-state index contributed by atoms with van der Waals surface area (Å²) in [6, 6.07) is 0. The number of hydrogen-bond acceptors (Lipinski definition) is 1. The van der Waals surface area contributed by atoms with Crippen LogP contribution in [0.4, 0.5) is 0 Å². The minimum absolute atomic E-state index is 0.554. The average Bonchev–Trinajstić information content (AvgIpc) is 2.46. The summed E-state index contributed by atoms with van der Waals surface area (Å²) in [5.41, 5.74) is 2.37. The van der Waals surface area contributed by atoms with E-state index in [9.17, 15) is 0 Å². The molecule has 1 rings (SSSR count). The molecule has 0 saturated carbocycles. The lowest BCUT2D eigenvalue weighted by Crippen LogP contribution is -2.00. The van der Waals surface area contributed by atoms with Crippen LogP contribution >= 0.6 is 11.6 Å². The zero-order chi connectivity index (χ0) is 9.68. The van der Waals surface area contributed by atoms with Crippen LogP contribution in [0.1, 0.15) is 24.6 Å². The van der Waals surface area contributed by atoms with E-state index in [2.05, 4.69) is 18.9 Å². The van der Waals surface area contributed by atoms with E-state index in [1.165, 1.54) is 5.69 Å². The summed E-state index contributed by atoms with van der Waals surface area (Å²) in [7, 11) is 0. The van der Waals surface area contributed by atoms with Gasteiger partial charge in [0.2, 0.25) is 0 Å². The zero-order valence-corrected chi connectivity index (χ0v) is 8.88. The van der Waals surface area contributed by atoms with Crippen LogP contribution < -0.4 is 0 Å². The van der Waals surface area contributed by atoms with Crippen LogP contribution in [0, 0.1) is 6.92 Å². The van der Waals surface area contributed by atoms with Crippen molar-refractivity contribution in [1.82, 2.24) is 9.78 Å². The van der Waals surface area contributed by atoms with E-state index >= 15 is 0 Å². The Morgan fingerprint density at radius 1 is 1.62 bits per heavy atom. The maximum absolute atomic E-state index is 5.56. The smallest absolute Gasteiger partial charge is 0.0564 e. The Morgan fingerprint density at radius 2 is 2.38 bits per heavy atom. The maximum atomic E-state index is 5.56. The SMILES string of the molecule is CCCn1ncc(C=CCCl)c1C. The highest BCUT2D eigenvalue weighted by Crippen LogP contribution is 2.09. The second-order valence-corrected chi connectivity index (χ2v) is 3.27. The van der Waals surface area contributed by atoms with Crippen molar-refractivity contribution in [3.05, 3.63) is 23.5 Å². The van der Waals surface area contributed by atoms with Crippen molar-refractivity contribution >= 4 is 17.7 Å². The summed E-state index contributed by atoms with van der Waals surface area (Å²) in [6.45, 7) is 5.21. The molecule has 0 aliphatic heterocycles. The van der Waals surface area contributed by atoms with Crippen molar-refractivity contribution in [2.24, 2.45) is 0 Å². The Bertz CT molecular complexity index is 289. The number of nitrogens with zero attached hydrogens (tertiary/aromatic N) is 2.